The van der Waals surface area contributed by atoms with Crippen molar-refractivity contribution >= 4 is 49.4 Å². The number of hydrogen-bond donors (Lipinski definition) is 2. The lowest BCUT2D eigenvalue weighted by atomic mass is 10.0. The van der Waals surface area contributed by atoms with E-state index in [1.54, 1.807) is 37.3 Å². The van der Waals surface area contributed by atoms with Crippen LogP contribution in [0.5, 0.6) is 17.2 Å². The Labute approximate surface area is 186 Å². The molecule has 2 N–H and O–H groups in total. The third-order valence-corrected chi connectivity index (χ3v) is 5.16. The Morgan fingerprint density at radius 2 is 1.76 bits per heavy atom. The van der Waals surface area contributed by atoms with Gasteiger partial charge in [0.1, 0.15) is 11.5 Å². The molecule has 0 saturated heterocycles. The van der Waals surface area contributed by atoms with Crippen LogP contribution in [0.4, 0.5) is 5.69 Å². The SMILES string of the molecule is CCOC(=O)CCC(=O)Nc1cc(Br)c(Oc2ccc(O)c(C(C)C)c2)c(Br)c1. The molecular weight excluding hydrogens is 506 g/mol. The standard InChI is InChI=1S/C21H23Br2NO5/c1-4-28-20(27)8-7-19(26)24-13-9-16(22)21(17(23)10-13)29-14-5-6-18(25)15(11-14)12(2)3/h5-6,9-12,25H,4,7-8H2,1-3H3,(H,24,26). The van der Waals surface area contributed by atoms with Crippen molar-refractivity contribution < 1.29 is 24.2 Å². The zero-order valence-corrected chi connectivity index (χ0v) is 19.6. The fourth-order valence-corrected chi connectivity index (χ4v) is 3.93. The molecule has 0 heterocycles. The lowest BCUT2D eigenvalue weighted by Gasteiger charge is -2.15. The van der Waals surface area contributed by atoms with Crippen LogP contribution in [0.1, 0.15) is 45.1 Å². The number of amides is 1. The molecule has 156 valence electrons. The number of benzene rings is 2. The molecule has 0 aliphatic heterocycles. The van der Waals surface area contributed by atoms with Gasteiger partial charge in [0.05, 0.1) is 22.0 Å². The third kappa shape index (κ3) is 6.75. The topological polar surface area (TPSA) is 84.9 Å². The number of phenols is 1. The first-order chi connectivity index (χ1) is 13.7. The highest BCUT2D eigenvalue weighted by Crippen LogP contribution is 2.40. The van der Waals surface area contributed by atoms with Crippen molar-refractivity contribution in [2.24, 2.45) is 0 Å². The van der Waals surface area contributed by atoms with E-state index in [9.17, 15) is 14.7 Å². The van der Waals surface area contributed by atoms with Crippen LogP contribution >= 0.6 is 31.9 Å². The molecule has 2 aromatic rings. The normalized spacial score (nSPS) is 10.7. The van der Waals surface area contributed by atoms with Crippen molar-refractivity contribution in [1.82, 2.24) is 0 Å². The number of esters is 1. The van der Waals surface area contributed by atoms with Crippen LogP contribution < -0.4 is 10.1 Å². The van der Waals surface area contributed by atoms with E-state index in [1.165, 1.54) is 0 Å². The Balaban J connectivity index is 2.10. The Bertz CT molecular complexity index is 876. The van der Waals surface area contributed by atoms with E-state index < -0.39 is 5.97 Å². The second kappa shape index (κ2) is 10.6. The van der Waals surface area contributed by atoms with Crippen molar-refractivity contribution in [3.05, 3.63) is 44.8 Å². The minimum absolute atomic E-state index is 0.0300. The number of anilines is 1. The zero-order valence-electron chi connectivity index (χ0n) is 16.4. The largest absolute Gasteiger partial charge is 0.508 e. The van der Waals surface area contributed by atoms with Crippen LogP contribution in [0.15, 0.2) is 39.3 Å². The monoisotopic (exact) mass is 527 g/mol. The molecule has 0 aromatic heterocycles. The van der Waals surface area contributed by atoms with E-state index in [1.807, 2.05) is 13.8 Å². The molecule has 0 unspecified atom stereocenters. The van der Waals surface area contributed by atoms with Crippen molar-refractivity contribution in [3.8, 4) is 17.2 Å². The molecule has 0 aliphatic rings. The molecule has 2 rings (SSSR count). The first kappa shape index (κ1) is 23.2. The molecule has 0 saturated carbocycles. The summed E-state index contributed by atoms with van der Waals surface area (Å²) in [5.74, 6) is 0.812. The second-order valence-corrected chi connectivity index (χ2v) is 8.31. The molecule has 0 radical (unpaired) electrons. The molecule has 0 fully saturated rings. The van der Waals surface area contributed by atoms with Gasteiger partial charge in [0.2, 0.25) is 5.91 Å². The minimum atomic E-state index is -0.400. The van der Waals surface area contributed by atoms with Gasteiger partial charge in [0.15, 0.2) is 5.75 Å². The predicted octanol–water partition coefficient (Wildman–Crippen LogP) is 6.11. The van der Waals surface area contributed by atoms with Crippen LogP contribution in [0.2, 0.25) is 0 Å². The lowest BCUT2D eigenvalue weighted by Crippen LogP contribution is -2.14. The van der Waals surface area contributed by atoms with E-state index in [-0.39, 0.29) is 30.4 Å². The average Bonchev–Trinajstić information content (AvgIpc) is 2.64. The maximum atomic E-state index is 12.0. The minimum Gasteiger partial charge on any atom is -0.508 e. The second-order valence-electron chi connectivity index (χ2n) is 6.60. The lowest BCUT2D eigenvalue weighted by molar-refractivity contribution is -0.144. The molecule has 2 aromatic carbocycles. The van der Waals surface area contributed by atoms with E-state index in [0.717, 1.165) is 5.56 Å². The van der Waals surface area contributed by atoms with E-state index >= 15 is 0 Å². The van der Waals surface area contributed by atoms with Gasteiger partial charge < -0.3 is 19.9 Å². The van der Waals surface area contributed by atoms with Gasteiger partial charge in [-0.15, -0.1) is 0 Å². The van der Waals surface area contributed by atoms with Crippen molar-refractivity contribution in [3.63, 3.8) is 0 Å². The Morgan fingerprint density at radius 3 is 2.34 bits per heavy atom. The summed E-state index contributed by atoms with van der Waals surface area (Å²) in [5.41, 5.74) is 1.35. The maximum Gasteiger partial charge on any atom is 0.306 e. The van der Waals surface area contributed by atoms with Crippen LogP contribution in [-0.4, -0.2) is 23.6 Å². The van der Waals surface area contributed by atoms with E-state index in [2.05, 4.69) is 37.2 Å². The smallest absolute Gasteiger partial charge is 0.306 e. The van der Waals surface area contributed by atoms with Gasteiger partial charge in [0, 0.05) is 17.7 Å². The highest BCUT2D eigenvalue weighted by atomic mass is 79.9. The Morgan fingerprint density at radius 1 is 1.10 bits per heavy atom. The molecule has 29 heavy (non-hydrogen) atoms. The average molecular weight is 529 g/mol. The number of aromatic hydroxyl groups is 1. The first-order valence-corrected chi connectivity index (χ1v) is 10.7. The first-order valence-electron chi connectivity index (χ1n) is 9.16. The summed E-state index contributed by atoms with van der Waals surface area (Å²) in [5, 5.41) is 12.7. The number of phenolic OH excluding ortho intramolecular Hbond substituents is 1. The Kier molecular flexibility index (Phi) is 8.52. The predicted molar refractivity (Wildman–Crippen MR) is 119 cm³/mol. The fraction of sp³-hybridized carbons (Fsp3) is 0.333. The molecule has 1 amide bonds. The summed E-state index contributed by atoms with van der Waals surface area (Å²) in [4.78, 5) is 23.4. The van der Waals surface area contributed by atoms with Gasteiger partial charge in [-0.2, -0.15) is 0 Å². The molecule has 8 heteroatoms. The maximum absolute atomic E-state index is 12.0. The van der Waals surface area contributed by atoms with Gasteiger partial charge in [-0.05, 0) is 75.0 Å². The fourth-order valence-electron chi connectivity index (χ4n) is 2.58. The number of carbonyl (C=O) groups is 2. The number of carbonyl (C=O) groups excluding carboxylic acids is 2. The number of rotatable bonds is 8. The van der Waals surface area contributed by atoms with Crippen LogP contribution in [0, 0.1) is 0 Å². The summed E-state index contributed by atoms with van der Waals surface area (Å²) < 4.78 is 12.1. The highest BCUT2D eigenvalue weighted by molar-refractivity contribution is 9.11. The van der Waals surface area contributed by atoms with Gasteiger partial charge in [0.25, 0.3) is 0 Å². The number of nitrogens with one attached hydrogen (secondary N) is 1. The van der Waals surface area contributed by atoms with Gasteiger partial charge >= 0.3 is 5.97 Å². The molecular formula is C21H23Br2NO5. The summed E-state index contributed by atoms with van der Waals surface area (Å²) in [6, 6.07) is 8.51. The van der Waals surface area contributed by atoms with Crippen molar-refractivity contribution in [2.75, 3.05) is 11.9 Å². The molecule has 0 spiro atoms. The molecule has 6 nitrogen and oxygen atoms in total. The zero-order chi connectivity index (χ0) is 21.6. The van der Waals surface area contributed by atoms with Crippen molar-refractivity contribution in [1.29, 1.82) is 0 Å². The quantitative estimate of drug-likeness (QED) is 0.403. The summed E-state index contributed by atoms with van der Waals surface area (Å²) in [6.45, 7) is 5.99. The van der Waals surface area contributed by atoms with E-state index in [0.29, 0.717) is 32.7 Å². The number of ether oxygens (including phenoxy) is 2. The summed E-state index contributed by atoms with van der Waals surface area (Å²) in [7, 11) is 0. The molecule has 0 atom stereocenters. The number of halogens is 2. The van der Waals surface area contributed by atoms with Gasteiger partial charge in [-0.25, -0.2) is 0 Å². The molecule has 0 bridgehead atoms. The van der Waals surface area contributed by atoms with Gasteiger partial charge in [-0.1, -0.05) is 13.8 Å². The van der Waals surface area contributed by atoms with Crippen LogP contribution in [-0.2, 0) is 14.3 Å². The summed E-state index contributed by atoms with van der Waals surface area (Å²) >= 11 is 6.92. The number of hydrogen-bond acceptors (Lipinski definition) is 5. The molecule has 0 aliphatic carbocycles. The van der Waals surface area contributed by atoms with Crippen LogP contribution in [0.3, 0.4) is 0 Å². The van der Waals surface area contributed by atoms with E-state index in [4.69, 9.17) is 9.47 Å². The third-order valence-electron chi connectivity index (χ3n) is 3.98. The van der Waals surface area contributed by atoms with Crippen molar-refractivity contribution in [2.45, 2.75) is 39.5 Å². The van der Waals surface area contributed by atoms with Gasteiger partial charge in [-0.3, -0.25) is 9.59 Å². The summed E-state index contributed by atoms with van der Waals surface area (Å²) in [6.07, 6.45) is 0.0695. The Hall–Kier alpha value is -2.06. The highest BCUT2D eigenvalue weighted by Gasteiger charge is 2.14. The van der Waals surface area contributed by atoms with Crippen LogP contribution in [0.25, 0.3) is 0 Å².